The maximum absolute atomic E-state index is 13.7. The normalized spacial score (nSPS) is 32.4. The van der Waals surface area contributed by atoms with Gasteiger partial charge in [0.2, 0.25) is 10.0 Å². The lowest BCUT2D eigenvalue weighted by Crippen LogP contribution is -2.60. The van der Waals surface area contributed by atoms with Gasteiger partial charge < -0.3 is 20.1 Å². The number of carbonyl (C=O) groups is 1. The number of aliphatic hydroxyl groups is 1. The highest BCUT2D eigenvalue weighted by Gasteiger charge is 2.55. The number of sulfonamides is 1. The number of hydrogen-bond donors (Lipinski definition) is 3. The fraction of sp³-hybridized carbons (Fsp3) is 0.760. The second-order valence-electron chi connectivity index (χ2n) is 12.0. The minimum atomic E-state index is -3.39. The zero-order valence-electron chi connectivity index (χ0n) is 21.4. The molecule has 1 aromatic heterocycles. The number of amides is 1. The molecule has 2 atom stereocenters. The van der Waals surface area contributed by atoms with Crippen molar-refractivity contribution in [3.05, 3.63) is 17.8 Å². The Kier molecular flexibility index (Phi) is 6.72. The first-order valence-electron chi connectivity index (χ1n) is 13.0. The van der Waals surface area contributed by atoms with Crippen LogP contribution in [0.1, 0.15) is 56.3 Å². The molecular weight excluding hydrogens is 482 g/mol. The van der Waals surface area contributed by atoms with Crippen LogP contribution in [0.3, 0.4) is 0 Å². The Bertz CT molecular complexity index is 1110. The summed E-state index contributed by atoms with van der Waals surface area (Å²) in [5.41, 5.74) is -0.256. The van der Waals surface area contributed by atoms with E-state index in [9.17, 15) is 18.3 Å². The smallest absolute Gasteiger partial charge is 0.256 e. The van der Waals surface area contributed by atoms with Crippen LogP contribution in [0, 0.1) is 23.2 Å². The second kappa shape index (κ2) is 9.41. The maximum Gasteiger partial charge on any atom is 0.256 e. The Hall–Kier alpha value is -1.95. The molecule has 0 aromatic carbocycles. The van der Waals surface area contributed by atoms with Gasteiger partial charge in [-0.25, -0.2) is 17.8 Å². The number of nitrogens with zero attached hydrogens (tertiary/aromatic N) is 3. The molecule has 200 valence electrons. The van der Waals surface area contributed by atoms with Crippen molar-refractivity contribution >= 4 is 27.9 Å². The van der Waals surface area contributed by atoms with E-state index in [2.05, 4.69) is 20.0 Å². The SMILES string of the molecule is CC(C)(/C=C/n1ncc(C(=O)N[C@H]2C3CC4CC2C[C@](CO)(C4)C3)c1N1CCOCC1)NS(C)(=O)=O. The van der Waals surface area contributed by atoms with Gasteiger partial charge in [0.1, 0.15) is 11.4 Å². The lowest BCUT2D eigenvalue weighted by atomic mass is 9.48. The number of carbonyl (C=O) groups excluding carboxylic acids is 1. The summed E-state index contributed by atoms with van der Waals surface area (Å²) in [6, 6.07) is 0.128. The van der Waals surface area contributed by atoms with Gasteiger partial charge in [0.15, 0.2) is 0 Å². The first-order valence-corrected chi connectivity index (χ1v) is 14.9. The molecule has 4 aliphatic carbocycles. The third-order valence-corrected chi connectivity index (χ3v) is 9.34. The molecule has 4 saturated carbocycles. The quantitative estimate of drug-likeness (QED) is 0.473. The molecule has 3 N–H and O–H groups in total. The van der Waals surface area contributed by atoms with E-state index < -0.39 is 15.6 Å². The average molecular weight is 522 g/mol. The highest BCUT2D eigenvalue weighted by molar-refractivity contribution is 7.88. The number of rotatable bonds is 8. The molecule has 4 bridgehead atoms. The number of nitrogens with one attached hydrogen (secondary N) is 2. The van der Waals surface area contributed by atoms with Gasteiger partial charge in [-0.05, 0) is 75.2 Å². The molecule has 5 fully saturated rings. The Morgan fingerprint density at radius 2 is 1.92 bits per heavy atom. The first kappa shape index (κ1) is 25.7. The predicted molar refractivity (Wildman–Crippen MR) is 137 cm³/mol. The van der Waals surface area contributed by atoms with Crippen molar-refractivity contribution in [2.24, 2.45) is 23.2 Å². The molecule has 0 spiro atoms. The van der Waals surface area contributed by atoms with Crippen molar-refractivity contribution in [3.63, 3.8) is 0 Å². The minimum Gasteiger partial charge on any atom is -0.396 e. The number of aromatic nitrogens is 2. The summed E-state index contributed by atoms with van der Waals surface area (Å²) in [5.74, 6) is 2.07. The summed E-state index contributed by atoms with van der Waals surface area (Å²) in [7, 11) is -3.39. The van der Waals surface area contributed by atoms with Gasteiger partial charge in [0.05, 0.1) is 25.7 Å². The van der Waals surface area contributed by atoms with E-state index in [0.717, 1.165) is 38.4 Å². The molecule has 6 rings (SSSR count). The molecule has 36 heavy (non-hydrogen) atoms. The number of aliphatic hydroxyl groups excluding tert-OH is 1. The van der Waals surface area contributed by atoms with Gasteiger partial charge in [-0.1, -0.05) is 0 Å². The van der Waals surface area contributed by atoms with E-state index in [4.69, 9.17) is 4.74 Å². The van der Waals surface area contributed by atoms with E-state index in [1.165, 1.54) is 0 Å². The standard InChI is InChI=1S/C25H39N5O5S/c1-24(2,28-36(3,33)34)4-5-30-23(29-6-8-35-9-7-29)20(15-26-30)22(32)27-21-18-10-17-11-19(21)14-25(12-17,13-18)16-31/h4-5,15,17-19,21,28,31H,6-14,16H2,1-3H3,(H,27,32)/b5-4+/t17?,18?,19?,21-,25-. The molecule has 10 nitrogen and oxygen atoms in total. The van der Waals surface area contributed by atoms with Crippen LogP contribution < -0.4 is 14.9 Å². The van der Waals surface area contributed by atoms with Crippen molar-refractivity contribution in [1.82, 2.24) is 19.8 Å². The highest BCUT2D eigenvalue weighted by Crippen LogP contribution is 2.59. The minimum absolute atomic E-state index is 0.0547. The zero-order chi connectivity index (χ0) is 25.7. The van der Waals surface area contributed by atoms with Gasteiger partial charge in [0.25, 0.3) is 5.91 Å². The van der Waals surface area contributed by atoms with E-state index in [1.54, 1.807) is 37.0 Å². The second-order valence-corrected chi connectivity index (χ2v) is 13.7. The molecule has 1 amide bonds. The summed E-state index contributed by atoms with van der Waals surface area (Å²) in [5, 5.41) is 17.9. The Balaban J connectivity index is 1.39. The third kappa shape index (κ3) is 5.20. The number of morpholine rings is 1. The van der Waals surface area contributed by atoms with Gasteiger partial charge in [-0.3, -0.25) is 4.79 Å². The van der Waals surface area contributed by atoms with Crippen LogP contribution in [0.2, 0.25) is 0 Å². The van der Waals surface area contributed by atoms with Gasteiger partial charge in [0, 0.05) is 37.5 Å². The van der Waals surface area contributed by atoms with Crippen molar-refractivity contribution in [3.8, 4) is 0 Å². The maximum atomic E-state index is 13.7. The van der Waals surface area contributed by atoms with E-state index in [0.29, 0.717) is 55.4 Å². The van der Waals surface area contributed by atoms with Gasteiger partial charge >= 0.3 is 0 Å². The lowest BCUT2D eigenvalue weighted by Gasteiger charge is -2.59. The van der Waals surface area contributed by atoms with Gasteiger partial charge in [-0.15, -0.1) is 0 Å². The van der Waals surface area contributed by atoms with E-state index in [-0.39, 0.29) is 24.0 Å². The predicted octanol–water partition coefficient (Wildman–Crippen LogP) is 1.44. The summed E-state index contributed by atoms with van der Waals surface area (Å²) in [4.78, 5) is 15.8. The van der Waals surface area contributed by atoms with Crippen LogP contribution in [0.15, 0.2) is 12.3 Å². The van der Waals surface area contributed by atoms with Crippen LogP contribution in [0.25, 0.3) is 6.20 Å². The summed E-state index contributed by atoms with van der Waals surface area (Å²) in [6.45, 7) is 6.19. The summed E-state index contributed by atoms with van der Waals surface area (Å²) < 4.78 is 33.3. The largest absolute Gasteiger partial charge is 0.396 e. The lowest BCUT2D eigenvalue weighted by molar-refractivity contribution is -0.0969. The molecule has 1 aliphatic heterocycles. The molecule has 1 aromatic rings. The first-order chi connectivity index (χ1) is 17.0. The van der Waals surface area contributed by atoms with Gasteiger partial charge in [-0.2, -0.15) is 5.10 Å². The average Bonchev–Trinajstić information content (AvgIpc) is 3.23. The molecular formula is C25H39N5O5S. The number of ether oxygens (including phenoxy) is 1. The van der Waals surface area contributed by atoms with Crippen LogP contribution in [-0.4, -0.2) is 80.0 Å². The van der Waals surface area contributed by atoms with Crippen molar-refractivity contribution < 1.29 is 23.1 Å². The van der Waals surface area contributed by atoms with Crippen LogP contribution >= 0.6 is 0 Å². The third-order valence-electron chi connectivity index (χ3n) is 8.44. The van der Waals surface area contributed by atoms with Crippen molar-refractivity contribution in [2.45, 2.75) is 57.5 Å². The zero-order valence-corrected chi connectivity index (χ0v) is 22.3. The molecule has 5 aliphatic rings. The summed E-state index contributed by atoms with van der Waals surface area (Å²) in [6.07, 6.45) is 11.5. The Labute approximate surface area is 213 Å². The molecule has 0 radical (unpaired) electrons. The molecule has 11 heteroatoms. The van der Waals surface area contributed by atoms with Crippen molar-refractivity contribution in [1.29, 1.82) is 0 Å². The highest BCUT2D eigenvalue weighted by atomic mass is 32.2. The molecule has 2 unspecified atom stereocenters. The topological polar surface area (TPSA) is 126 Å². The van der Waals surface area contributed by atoms with E-state index in [1.807, 2.05) is 0 Å². The van der Waals surface area contributed by atoms with Crippen molar-refractivity contribution in [2.75, 3.05) is 44.1 Å². The Morgan fingerprint density at radius 3 is 2.53 bits per heavy atom. The molecule has 2 heterocycles. The van der Waals surface area contributed by atoms with Crippen LogP contribution in [0.4, 0.5) is 5.82 Å². The summed E-state index contributed by atoms with van der Waals surface area (Å²) >= 11 is 0. The fourth-order valence-electron chi connectivity index (χ4n) is 7.34. The number of anilines is 1. The Morgan fingerprint density at radius 1 is 1.25 bits per heavy atom. The van der Waals surface area contributed by atoms with E-state index >= 15 is 0 Å². The van der Waals surface area contributed by atoms with Crippen LogP contribution in [0.5, 0.6) is 0 Å². The van der Waals surface area contributed by atoms with Crippen LogP contribution in [-0.2, 0) is 14.8 Å². The molecule has 1 saturated heterocycles. The number of hydrogen-bond acceptors (Lipinski definition) is 7. The fourth-order valence-corrected chi connectivity index (χ4v) is 8.36. The monoisotopic (exact) mass is 521 g/mol.